The third-order valence-corrected chi connectivity index (χ3v) is 4.28. The first-order valence-electron chi connectivity index (χ1n) is 9.94. The van der Waals surface area contributed by atoms with Gasteiger partial charge >= 0.3 is 12.2 Å². The molecule has 2 aliphatic heterocycles. The largest absolute Gasteiger partial charge is 0.454 e. The maximum absolute atomic E-state index is 12.5. The Bertz CT molecular complexity index is 863. The second-order valence-electron chi connectivity index (χ2n) is 6.86. The van der Waals surface area contributed by atoms with Gasteiger partial charge in [-0.2, -0.15) is 28.1 Å². The minimum absolute atomic E-state index is 0.0118. The summed E-state index contributed by atoms with van der Waals surface area (Å²) in [5, 5.41) is 12.0. The van der Waals surface area contributed by atoms with E-state index in [9.17, 15) is 18.0 Å². The lowest BCUT2D eigenvalue weighted by Crippen LogP contribution is -2.25. The molecule has 1 aromatic carbocycles. The van der Waals surface area contributed by atoms with Crippen molar-refractivity contribution in [1.29, 1.82) is 0 Å². The molecule has 31 heavy (non-hydrogen) atoms. The minimum atomic E-state index is -4.52. The van der Waals surface area contributed by atoms with Crippen LogP contribution in [0.25, 0.3) is 0 Å². The smallest absolute Gasteiger partial charge is 0.422 e. The Balaban J connectivity index is 1.79. The van der Waals surface area contributed by atoms with Crippen molar-refractivity contribution >= 4 is 23.5 Å². The summed E-state index contributed by atoms with van der Waals surface area (Å²) < 4.78 is 42.2. The molecular formula is C19H24F3N7O2. The average molecular weight is 439 g/mol. The predicted molar refractivity (Wildman–Crippen MR) is 109 cm³/mol. The minimum Gasteiger partial charge on any atom is -0.454 e. The summed E-state index contributed by atoms with van der Waals surface area (Å²) in [6.07, 6.45) is -1.70. The van der Waals surface area contributed by atoms with E-state index >= 15 is 0 Å². The molecule has 0 unspecified atom stereocenters. The molecule has 0 fully saturated rings. The Morgan fingerprint density at radius 1 is 0.871 bits per heavy atom. The van der Waals surface area contributed by atoms with Gasteiger partial charge in [0.05, 0.1) is 0 Å². The number of aromatic nitrogens is 3. The number of nitrogens with zero attached hydrogens (tertiary/aromatic N) is 3. The van der Waals surface area contributed by atoms with Crippen LogP contribution < -0.4 is 26.0 Å². The molecule has 12 heteroatoms. The van der Waals surface area contributed by atoms with Crippen LogP contribution in [-0.4, -0.2) is 59.8 Å². The molecule has 0 saturated carbocycles. The molecule has 1 amide bonds. The molecule has 4 N–H and O–H groups in total. The van der Waals surface area contributed by atoms with Gasteiger partial charge in [-0.05, 0) is 43.7 Å². The molecule has 4 rings (SSSR count). The number of alkyl halides is 3. The monoisotopic (exact) mass is 439 g/mol. The molecule has 0 spiro atoms. The van der Waals surface area contributed by atoms with E-state index in [0.717, 1.165) is 25.8 Å². The van der Waals surface area contributed by atoms with Crippen LogP contribution in [0.1, 0.15) is 29.6 Å². The van der Waals surface area contributed by atoms with Gasteiger partial charge in [-0.25, -0.2) is 0 Å². The van der Waals surface area contributed by atoms with Gasteiger partial charge in [0.15, 0.2) is 6.61 Å². The van der Waals surface area contributed by atoms with Crippen molar-refractivity contribution in [2.75, 3.05) is 43.4 Å². The highest BCUT2D eigenvalue weighted by atomic mass is 19.4. The number of anilines is 3. The van der Waals surface area contributed by atoms with E-state index in [2.05, 4.69) is 41.0 Å². The molecule has 0 atom stereocenters. The Morgan fingerprint density at radius 3 is 2.39 bits per heavy atom. The summed E-state index contributed by atoms with van der Waals surface area (Å²) in [6, 6.07) is 6.13. The number of ether oxygens (including phenoxy) is 1. The zero-order valence-corrected chi connectivity index (χ0v) is 16.8. The van der Waals surface area contributed by atoms with Crippen molar-refractivity contribution in [3.8, 4) is 6.01 Å². The Hall–Kier alpha value is -3.15. The van der Waals surface area contributed by atoms with Gasteiger partial charge in [-0.1, -0.05) is 6.42 Å². The van der Waals surface area contributed by atoms with E-state index in [4.69, 9.17) is 0 Å². The van der Waals surface area contributed by atoms with Crippen LogP contribution in [0.3, 0.4) is 0 Å². The van der Waals surface area contributed by atoms with Crippen LogP contribution in [0.2, 0.25) is 0 Å². The number of hydrogen-bond acceptors (Lipinski definition) is 8. The van der Waals surface area contributed by atoms with Crippen LogP contribution in [0, 0.1) is 0 Å². The van der Waals surface area contributed by atoms with Crippen LogP contribution in [0.4, 0.5) is 30.8 Å². The number of halogens is 3. The van der Waals surface area contributed by atoms with Gasteiger partial charge in [0.2, 0.25) is 11.9 Å². The Kier molecular flexibility index (Phi) is 7.82. The number of benzene rings is 1. The third-order valence-electron chi connectivity index (χ3n) is 4.28. The van der Waals surface area contributed by atoms with Gasteiger partial charge in [0.1, 0.15) is 0 Å². The van der Waals surface area contributed by atoms with Crippen LogP contribution in [0.5, 0.6) is 6.01 Å². The topological polar surface area (TPSA) is 113 Å². The van der Waals surface area contributed by atoms with E-state index in [-0.39, 0.29) is 17.8 Å². The van der Waals surface area contributed by atoms with Gasteiger partial charge < -0.3 is 26.0 Å². The lowest BCUT2D eigenvalue weighted by Gasteiger charge is -2.12. The fraction of sp³-hybridized carbons (Fsp3) is 0.474. The molecule has 0 aliphatic carbocycles. The lowest BCUT2D eigenvalue weighted by atomic mass is 10.2. The average Bonchev–Trinajstić information content (AvgIpc) is 2.73. The third kappa shape index (κ3) is 7.89. The normalized spacial score (nSPS) is 16.2. The summed E-state index contributed by atoms with van der Waals surface area (Å²) in [5.41, 5.74) is 1.05. The van der Waals surface area contributed by atoms with Crippen molar-refractivity contribution in [2.24, 2.45) is 0 Å². The SMILES string of the molecule is O=C1NCCCCCNCCNc2nc(nc(OCC(F)(F)F)n2)Nc2ccc1cc2. The van der Waals surface area contributed by atoms with E-state index in [0.29, 0.717) is 30.9 Å². The standard InChI is InChI=1S/C19H24F3N7O2/c20-19(21,22)12-31-18-28-16-25-11-10-23-8-2-1-3-9-24-15(30)13-4-6-14(7-5-13)26-17(27-16)29-18/h4-7,23H,1-3,8-12H2,(H,24,30)(H2,25,26,27,28,29). The van der Waals surface area contributed by atoms with Crippen molar-refractivity contribution in [2.45, 2.75) is 25.4 Å². The summed E-state index contributed by atoms with van der Waals surface area (Å²) in [4.78, 5) is 24.2. The molecule has 2 aromatic rings. The van der Waals surface area contributed by atoms with Crippen molar-refractivity contribution in [1.82, 2.24) is 25.6 Å². The maximum atomic E-state index is 12.5. The van der Waals surface area contributed by atoms with E-state index in [1.807, 2.05) is 0 Å². The summed E-state index contributed by atoms with van der Waals surface area (Å²) in [7, 11) is 0. The Labute approximate surface area is 177 Å². The van der Waals surface area contributed by atoms with E-state index < -0.39 is 18.8 Å². The fourth-order valence-corrected chi connectivity index (χ4v) is 2.78. The van der Waals surface area contributed by atoms with Gasteiger partial charge in [0, 0.05) is 30.9 Å². The molecule has 168 valence electrons. The second kappa shape index (κ2) is 10.8. The number of carbonyl (C=O) groups is 1. The number of nitrogens with one attached hydrogen (secondary N) is 4. The van der Waals surface area contributed by atoms with Gasteiger partial charge in [-0.3, -0.25) is 4.79 Å². The summed E-state index contributed by atoms with van der Waals surface area (Å²) >= 11 is 0. The zero-order valence-electron chi connectivity index (χ0n) is 16.8. The van der Waals surface area contributed by atoms with Gasteiger partial charge in [0.25, 0.3) is 5.91 Å². The van der Waals surface area contributed by atoms with Crippen molar-refractivity contribution in [3.63, 3.8) is 0 Å². The number of amides is 1. The Morgan fingerprint density at radius 2 is 1.61 bits per heavy atom. The second-order valence-corrected chi connectivity index (χ2v) is 6.86. The summed E-state index contributed by atoms with van der Waals surface area (Å²) in [6.45, 7) is 0.979. The highest BCUT2D eigenvalue weighted by molar-refractivity contribution is 5.94. The number of hydrogen-bond donors (Lipinski definition) is 4. The maximum Gasteiger partial charge on any atom is 0.422 e. The van der Waals surface area contributed by atoms with E-state index in [1.54, 1.807) is 24.3 Å². The highest BCUT2D eigenvalue weighted by Gasteiger charge is 2.29. The number of rotatable bonds is 2. The molecule has 2 aliphatic rings. The zero-order chi connectivity index (χ0) is 22.1. The van der Waals surface area contributed by atoms with Crippen molar-refractivity contribution < 1.29 is 22.7 Å². The lowest BCUT2D eigenvalue weighted by molar-refractivity contribution is -0.154. The number of carbonyl (C=O) groups excluding carboxylic acids is 1. The van der Waals surface area contributed by atoms with Gasteiger partial charge in [-0.15, -0.1) is 0 Å². The molecule has 3 heterocycles. The first-order chi connectivity index (χ1) is 14.9. The molecular weight excluding hydrogens is 415 g/mol. The number of fused-ring (bicyclic) bond motifs is 12. The van der Waals surface area contributed by atoms with Crippen LogP contribution >= 0.6 is 0 Å². The summed E-state index contributed by atoms with van der Waals surface area (Å²) in [5.74, 6) is -0.0692. The van der Waals surface area contributed by atoms with E-state index in [1.165, 1.54) is 0 Å². The van der Waals surface area contributed by atoms with Crippen molar-refractivity contribution in [3.05, 3.63) is 29.8 Å². The first-order valence-corrected chi connectivity index (χ1v) is 9.94. The molecule has 1 aromatic heterocycles. The quantitative estimate of drug-likeness (QED) is 0.565. The van der Waals surface area contributed by atoms with Crippen LogP contribution in [-0.2, 0) is 0 Å². The molecule has 4 bridgehead atoms. The fourth-order valence-electron chi connectivity index (χ4n) is 2.78. The molecule has 9 nitrogen and oxygen atoms in total. The molecule has 0 saturated heterocycles. The first kappa shape index (κ1) is 22.5. The highest BCUT2D eigenvalue weighted by Crippen LogP contribution is 2.20. The molecule has 0 radical (unpaired) electrons. The predicted octanol–water partition coefficient (Wildman–Crippen LogP) is 2.47. The van der Waals surface area contributed by atoms with Crippen LogP contribution in [0.15, 0.2) is 24.3 Å².